The molecule has 5 nitrogen and oxygen atoms in total. The highest BCUT2D eigenvalue weighted by Crippen LogP contribution is 2.25. The van der Waals surface area contributed by atoms with E-state index in [4.69, 9.17) is 29.0 Å². The molecule has 23 heavy (non-hydrogen) atoms. The fraction of sp³-hybridized carbons (Fsp3) is 0.125. The van der Waals surface area contributed by atoms with Gasteiger partial charge in [-0.15, -0.1) is 0 Å². The van der Waals surface area contributed by atoms with Crippen molar-refractivity contribution in [2.75, 3.05) is 0 Å². The zero-order chi connectivity index (χ0) is 16.6. The maximum atomic E-state index is 12.0. The second-order valence-electron chi connectivity index (χ2n) is 5.24. The van der Waals surface area contributed by atoms with Crippen molar-refractivity contribution in [3.05, 3.63) is 63.3 Å². The van der Waals surface area contributed by atoms with Gasteiger partial charge < -0.3 is 0 Å². The first-order chi connectivity index (χ1) is 11.0. The Balaban J connectivity index is 2.12. The Hall–Kier alpha value is -2.08. The Morgan fingerprint density at radius 3 is 2.74 bits per heavy atom. The average Bonchev–Trinajstić information content (AvgIpc) is 2.87. The molecule has 7 heteroatoms. The van der Waals surface area contributed by atoms with Crippen molar-refractivity contribution in [2.45, 2.75) is 13.5 Å². The standard InChI is InChI=1S/C16H14Cl2N4O/c1-9-2-5-14-12(6-9)15(16(23)20-19)21-22(14)8-10-3-4-11(17)7-13(10)18/h2-7H,8,19H2,1H3,(H,20,23). The first-order valence-electron chi connectivity index (χ1n) is 6.91. The van der Waals surface area contributed by atoms with Crippen LogP contribution in [0.4, 0.5) is 0 Å². The molecule has 0 spiro atoms. The number of nitrogen functional groups attached to an aromatic ring is 1. The summed E-state index contributed by atoms with van der Waals surface area (Å²) in [6.07, 6.45) is 0. The van der Waals surface area contributed by atoms with E-state index < -0.39 is 5.91 Å². The maximum absolute atomic E-state index is 12.0. The number of rotatable bonds is 3. The van der Waals surface area contributed by atoms with Crippen molar-refractivity contribution in [3.8, 4) is 0 Å². The Kier molecular flexibility index (Phi) is 4.26. The minimum atomic E-state index is -0.429. The van der Waals surface area contributed by atoms with E-state index >= 15 is 0 Å². The van der Waals surface area contributed by atoms with E-state index in [1.54, 1.807) is 16.8 Å². The fourth-order valence-corrected chi connectivity index (χ4v) is 2.93. The summed E-state index contributed by atoms with van der Waals surface area (Å²) in [4.78, 5) is 12.0. The molecule has 3 rings (SSSR count). The van der Waals surface area contributed by atoms with E-state index in [1.165, 1.54) is 0 Å². The van der Waals surface area contributed by atoms with Crippen LogP contribution in [-0.2, 0) is 6.54 Å². The van der Waals surface area contributed by atoms with Crippen LogP contribution in [0.1, 0.15) is 21.6 Å². The highest BCUT2D eigenvalue weighted by Gasteiger charge is 2.17. The summed E-state index contributed by atoms with van der Waals surface area (Å²) in [6, 6.07) is 11.1. The Bertz CT molecular complexity index is 904. The maximum Gasteiger partial charge on any atom is 0.286 e. The van der Waals surface area contributed by atoms with E-state index in [9.17, 15) is 4.79 Å². The molecule has 1 heterocycles. The van der Waals surface area contributed by atoms with Crippen LogP contribution in [0.25, 0.3) is 10.9 Å². The molecule has 1 amide bonds. The lowest BCUT2D eigenvalue weighted by atomic mass is 10.1. The molecule has 0 saturated carbocycles. The summed E-state index contributed by atoms with van der Waals surface area (Å²) in [7, 11) is 0. The lowest BCUT2D eigenvalue weighted by molar-refractivity contribution is 0.0949. The topological polar surface area (TPSA) is 72.9 Å². The summed E-state index contributed by atoms with van der Waals surface area (Å²) >= 11 is 12.2. The number of amides is 1. The molecule has 3 N–H and O–H groups in total. The van der Waals surface area contributed by atoms with Crippen LogP contribution >= 0.6 is 23.2 Å². The monoisotopic (exact) mass is 348 g/mol. The van der Waals surface area contributed by atoms with E-state index in [2.05, 4.69) is 10.5 Å². The third kappa shape index (κ3) is 3.03. The summed E-state index contributed by atoms with van der Waals surface area (Å²) in [5.41, 5.74) is 5.15. The molecule has 2 aromatic carbocycles. The summed E-state index contributed by atoms with van der Waals surface area (Å²) in [5.74, 6) is 4.82. The number of hydrogen-bond acceptors (Lipinski definition) is 3. The molecule has 0 aliphatic carbocycles. The number of carbonyl (C=O) groups excluding carboxylic acids is 1. The van der Waals surface area contributed by atoms with E-state index in [-0.39, 0.29) is 5.69 Å². The average molecular weight is 349 g/mol. The molecule has 3 aromatic rings. The molecule has 1 aromatic heterocycles. The van der Waals surface area contributed by atoms with Crippen LogP contribution in [0.5, 0.6) is 0 Å². The molecule has 0 aliphatic heterocycles. The number of halogens is 2. The minimum Gasteiger partial charge on any atom is -0.289 e. The van der Waals surface area contributed by atoms with Crippen molar-refractivity contribution >= 4 is 40.0 Å². The molecule has 0 radical (unpaired) electrons. The number of aryl methyl sites for hydroxylation is 1. The predicted octanol–water partition coefficient (Wildman–Crippen LogP) is 3.30. The smallest absolute Gasteiger partial charge is 0.286 e. The van der Waals surface area contributed by atoms with Gasteiger partial charge in [0.15, 0.2) is 5.69 Å². The normalized spacial score (nSPS) is 11.0. The highest BCUT2D eigenvalue weighted by molar-refractivity contribution is 6.35. The first-order valence-corrected chi connectivity index (χ1v) is 7.67. The number of nitrogens with one attached hydrogen (secondary N) is 1. The van der Waals surface area contributed by atoms with Gasteiger partial charge >= 0.3 is 0 Å². The molecule has 0 saturated heterocycles. The summed E-state index contributed by atoms with van der Waals surface area (Å²) in [5, 5.41) is 6.27. The van der Waals surface area contributed by atoms with Crippen LogP contribution < -0.4 is 11.3 Å². The van der Waals surface area contributed by atoms with Crippen molar-refractivity contribution in [2.24, 2.45) is 5.84 Å². The Morgan fingerprint density at radius 2 is 2.04 bits per heavy atom. The minimum absolute atomic E-state index is 0.288. The van der Waals surface area contributed by atoms with Crippen molar-refractivity contribution < 1.29 is 4.79 Å². The number of hydrazine groups is 1. The molecule has 0 fully saturated rings. The van der Waals surface area contributed by atoms with Gasteiger partial charge in [0.2, 0.25) is 0 Å². The van der Waals surface area contributed by atoms with Crippen LogP contribution in [0, 0.1) is 6.92 Å². The van der Waals surface area contributed by atoms with Crippen LogP contribution in [0.15, 0.2) is 36.4 Å². The number of hydrogen-bond donors (Lipinski definition) is 2. The van der Waals surface area contributed by atoms with Crippen LogP contribution in [0.3, 0.4) is 0 Å². The number of aromatic nitrogens is 2. The molecule has 118 valence electrons. The van der Waals surface area contributed by atoms with Crippen LogP contribution in [0.2, 0.25) is 10.0 Å². The number of carbonyl (C=O) groups is 1. The number of nitrogens with zero attached hydrogens (tertiary/aromatic N) is 2. The van der Waals surface area contributed by atoms with Gasteiger partial charge in [0.05, 0.1) is 12.1 Å². The van der Waals surface area contributed by atoms with Gasteiger partial charge in [-0.2, -0.15) is 5.10 Å². The molecule has 0 bridgehead atoms. The first kappa shape index (κ1) is 15.8. The number of benzene rings is 2. The van der Waals surface area contributed by atoms with Gasteiger partial charge in [0.25, 0.3) is 5.91 Å². The summed E-state index contributed by atoms with van der Waals surface area (Å²) in [6.45, 7) is 2.38. The Labute approximate surface area is 143 Å². The molecule has 0 aliphatic rings. The van der Waals surface area contributed by atoms with Crippen molar-refractivity contribution in [1.29, 1.82) is 0 Å². The second-order valence-corrected chi connectivity index (χ2v) is 6.08. The lowest BCUT2D eigenvalue weighted by Gasteiger charge is -2.06. The van der Waals surface area contributed by atoms with Gasteiger partial charge in [0.1, 0.15) is 0 Å². The highest BCUT2D eigenvalue weighted by atomic mass is 35.5. The fourth-order valence-electron chi connectivity index (χ4n) is 2.46. The van der Waals surface area contributed by atoms with Gasteiger partial charge in [-0.3, -0.25) is 14.9 Å². The number of nitrogens with two attached hydrogens (primary N) is 1. The molecule has 0 unspecified atom stereocenters. The molecule has 0 atom stereocenters. The predicted molar refractivity (Wildman–Crippen MR) is 91.7 cm³/mol. The zero-order valence-electron chi connectivity index (χ0n) is 12.3. The molecular weight excluding hydrogens is 335 g/mol. The SMILES string of the molecule is Cc1ccc2c(c1)c(C(=O)NN)nn2Cc1ccc(Cl)cc1Cl. The van der Waals surface area contributed by atoms with Gasteiger partial charge in [-0.05, 0) is 36.8 Å². The van der Waals surface area contributed by atoms with Gasteiger partial charge in [0, 0.05) is 15.4 Å². The largest absolute Gasteiger partial charge is 0.289 e. The lowest BCUT2D eigenvalue weighted by Crippen LogP contribution is -2.30. The van der Waals surface area contributed by atoms with E-state index in [1.807, 2.05) is 31.2 Å². The van der Waals surface area contributed by atoms with Gasteiger partial charge in [-0.25, -0.2) is 5.84 Å². The third-order valence-corrected chi connectivity index (χ3v) is 4.17. The zero-order valence-corrected chi connectivity index (χ0v) is 13.8. The number of fused-ring (bicyclic) bond motifs is 1. The van der Waals surface area contributed by atoms with Crippen molar-refractivity contribution in [1.82, 2.24) is 15.2 Å². The Morgan fingerprint density at radius 1 is 1.26 bits per heavy atom. The van der Waals surface area contributed by atoms with E-state index in [0.717, 1.165) is 22.0 Å². The molecular formula is C16H14Cl2N4O. The van der Waals surface area contributed by atoms with Crippen LogP contribution in [-0.4, -0.2) is 15.7 Å². The van der Waals surface area contributed by atoms with E-state index in [0.29, 0.717) is 16.6 Å². The second kappa shape index (κ2) is 6.20. The quantitative estimate of drug-likeness (QED) is 0.433. The summed E-state index contributed by atoms with van der Waals surface area (Å²) < 4.78 is 1.73. The van der Waals surface area contributed by atoms with Crippen molar-refractivity contribution in [3.63, 3.8) is 0 Å². The third-order valence-electron chi connectivity index (χ3n) is 3.59. The van der Waals surface area contributed by atoms with Gasteiger partial charge in [-0.1, -0.05) is 40.9 Å².